The van der Waals surface area contributed by atoms with Crippen molar-refractivity contribution >= 4 is 33.2 Å². The molecule has 0 aromatic heterocycles. The number of benzene rings is 3. The van der Waals surface area contributed by atoms with E-state index in [1.54, 1.807) is 12.1 Å². The lowest BCUT2D eigenvalue weighted by Gasteiger charge is -2.16. The number of anilines is 1. The molecule has 32 heavy (non-hydrogen) atoms. The number of amides is 1. The lowest BCUT2D eigenvalue weighted by molar-refractivity contribution is 0.0940. The molecule has 0 saturated heterocycles. The van der Waals surface area contributed by atoms with Crippen molar-refractivity contribution in [3.8, 4) is 5.75 Å². The Morgan fingerprint density at radius 2 is 1.69 bits per heavy atom. The zero-order valence-electron chi connectivity index (χ0n) is 18.1. The molecule has 168 valence electrons. The Morgan fingerprint density at radius 3 is 2.28 bits per heavy atom. The fourth-order valence-corrected chi connectivity index (χ4v) is 4.41. The van der Waals surface area contributed by atoms with Crippen LogP contribution in [0.3, 0.4) is 0 Å². The third-order valence-electron chi connectivity index (χ3n) is 4.85. The third kappa shape index (κ3) is 5.81. The van der Waals surface area contributed by atoms with Crippen molar-refractivity contribution in [2.75, 3.05) is 11.3 Å². The molecule has 0 aliphatic heterocycles. The zero-order chi connectivity index (χ0) is 23.3. The molecule has 3 rings (SSSR count). The van der Waals surface area contributed by atoms with Gasteiger partial charge in [0.1, 0.15) is 5.75 Å². The van der Waals surface area contributed by atoms with Gasteiger partial charge in [0.25, 0.3) is 15.9 Å². The Labute approximate surface area is 193 Å². The van der Waals surface area contributed by atoms with Gasteiger partial charge in [-0.15, -0.1) is 0 Å². The summed E-state index contributed by atoms with van der Waals surface area (Å²) < 4.78 is 33.1. The minimum Gasteiger partial charge on any atom is -0.494 e. The number of rotatable bonds is 8. The molecule has 2 N–H and O–H groups in total. The molecule has 0 spiro atoms. The quantitative estimate of drug-likeness (QED) is 0.463. The Balaban J connectivity index is 1.69. The maximum atomic E-state index is 12.7. The van der Waals surface area contributed by atoms with E-state index in [1.807, 2.05) is 45.0 Å². The first-order chi connectivity index (χ1) is 15.2. The summed E-state index contributed by atoms with van der Waals surface area (Å²) >= 11 is 6.27. The first-order valence-corrected chi connectivity index (χ1v) is 12.0. The van der Waals surface area contributed by atoms with Crippen molar-refractivity contribution in [2.45, 2.75) is 31.7 Å². The van der Waals surface area contributed by atoms with Crippen molar-refractivity contribution in [1.29, 1.82) is 0 Å². The summed E-state index contributed by atoms with van der Waals surface area (Å²) in [5.41, 5.74) is 2.40. The number of hydrogen-bond donors (Lipinski definition) is 2. The monoisotopic (exact) mass is 472 g/mol. The van der Waals surface area contributed by atoms with Crippen LogP contribution in [0.4, 0.5) is 5.69 Å². The average molecular weight is 473 g/mol. The molecule has 6 nitrogen and oxygen atoms in total. The number of ether oxygens (including phenoxy) is 1. The number of hydrogen-bond acceptors (Lipinski definition) is 4. The maximum Gasteiger partial charge on any atom is 0.261 e. The summed E-state index contributed by atoms with van der Waals surface area (Å²) in [4.78, 5) is 12.8. The molecule has 0 aliphatic carbocycles. The van der Waals surface area contributed by atoms with Gasteiger partial charge in [-0.1, -0.05) is 41.4 Å². The van der Waals surface area contributed by atoms with Gasteiger partial charge in [0, 0.05) is 5.56 Å². The van der Waals surface area contributed by atoms with Crippen LogP contribution in [-0.2, 0) is 10.0 Å². The van der Waals surface area contributed by atoms with E-state index in [0.29, 0.717) is 12.2 Å². The van der Waals surface area contributed by atoms with Gasteiger partial charge in [0.2, 0.25) is 0 Å². The number of nitrogens with one attached hydrogen (secondary N) is 2. The van der Waals surface area contributed by atoms with E-state index in [-0.39, 0.29) is 27.6 Å². The second-order valence-electron chi connectivity index (χ2n) is 7.31. The SMILES string of the molecule is CCOc1ccc([C@H](C)NC(=O)c2ccc(NS(=O)(=O)c3ccc(C)cc3)c(Cl)c2)cc1. The molecule has 0 fully saturated rings. The second kappa shape index (κ2) is 10.1. The molecule has 0 unspecified atom stereocenters. The summed E-state index contributed by atoms with van der Waals surface area (Å²) in [6, 6.07) is 18.2. The molecule has 8 heteroatoms. The molecular weight excluding hydrogens is 448 g/mol. The van der Waals surface area contributed by atoms with Crippen LogP contribution in [0.5, 0.6) is 5.75 Å². The summed E-state index contributed by atoms with van der Waals surface area (Å²) in [5.74, 6) is 0.450. The third-order valence-corrected chi connectivity index (χ3v) is 6.54. The van der Waals surface area contributed by atoms with Gasteiger partial charge in [0.15, 0.2) is 0 Å². The van der Waals surface area contributed by atoms with Crippen LogP contribution in [0.25, 0.3) is 0 Å². The summed E-state index contributed by atoms with van der Waals surface area (Å²) in [6.45, 7) is 6.25. The van der Waals surface area contributed by atoms with Crippen LogP contribution in [0, 0.1) is 6.92 Å². The highest BCUT2D eigenvalue weighted by Crippen LogP contribution is 2.26. The van der Waals surface area contributed by atoms with E-state index in [9.17, 15) is 13.2 Å². The zero-order valence-corrected chi connectivity index (χ0v) is 19.6. The van der Waals surface area contributed by atoms with Crippen molar-refractivity contribution in [3.63, 3.8) is 0 Å². The van der Waals surface area contributed by atoms with Crippen molar-refractivity contribution in [2.24, 2.45) is 0 Å². The van der Waals surface area contributed by atoms with Gasteiger partial charge in [0.05, 0.1) is 28.3 Å². The predicted molar refractivity (Wildman–Crippen MR) is 127 cm³/mol. The normalized spacial score (nSPS) is 12.1. The second-order valence-corrected chi connectivity index (χ2v) is 9.40. The van der Waals surface area contributed by atoms with Gasteiger partial charge in [-0.2, -0.15) is 0 Å². The van der Waals surface area contributed by atoms with Crippen LogP contribution < -0.4 is 14.8 Å². The standard InChI is InChI=1S/C24H25ClN2O4S/c1-4-31-20-10-7-18(8-11-20)17(3)26-24(28)19-9-14-23(22(25)15-19)27-32(29,30)21-12-5-16(2)6-13-21/h5-15,17,27H,4H2,1-3H3,(H,26,28)/t17-/m0/s1. The molecule has 0 aliphatic rings. The molecule has 3 aromatic rings. The van der Waals surface area contributed by atoms with Crippen LogP contribution in [-0.4, -0.2) is 20.9 Å². The molecule has 1 amide bonds. The lowest BCUT2D eigenvalue weighted by atomic mass is 10.1. The largest absolute Gasteiger partial charge is 0.494 e. The summed E-state index contributed by atoms with van der Waals surface area (Å²) in [7, 11) is -3.79. The fourth-order valence-electron chi connectivity index (χ4n) is 3.04. The smallest absolute Gasteiger partial charge is 0.261 e. The number of carbonyl (C=O) groups is 1. The van der Waals surface area contributed by atoms with Crippen LogP contribution in [0.1, 0.15) is 41.4 Å². The Morgan fingerprint density at radius 1 is 1.03 bits per heavy atom. The molecule has 0 saturated carbocycles. The van der Waals surface area contributed by atoms with Gasteiger partial charge < -0.3 is 10.1 Å². The number of carbonyl (C=O) groups excluding carboxylic acids is 1. The molecule has 0 heterocycles. The summed E-state index contributed by atoms with van der Waals surface area (Å²) in [5, 5.41) is 3.04. The van der Waals surface area contributed by atoms with Gasteiger partial charge in [-0.25, -0.2) is 8.42 Å². The number of halogens is 1. The maximum absolute atomic E-state index is 12.7. The van der Waals surface area contributed by atoms with E-state index in [2.05, 4.69) is 10.0 Å². The number of sulfonamides is 1. The molecular formula is C24H25ClN2O4S. The predicted octanol–water partition coefficient (Wildman–Crippen LogP) is 5.34. The highest BCUT2D eigenvalue weighted by atomic mass is 35.5. The highest BCUT2D eigenvalue weighted by Gasteiger charge is 2.18. The van der Waals surface area contributed by atoms with E-state index in [4.69, 9.17) is 16.3 Å². The first-order valence-electron chi connectivity index (χ1n) is 10.1. The van der Waals surface area contributed by atoms with E-state index in [0.717, 1.165) is 16.9 Å². The molecule has 3 aromatic carbocycles. The van der Waals surface area contributed by atoms with Crippen LogP contribution in [0.15, 0.2) is 71.6 Å². The Hall–Kier alpha value is -3.03. The van der Waals surface area contributed by atoms with Crippen LogP contribution >= 0.6 is 11.6 Å². The van der Waals surface area contributed by atoms with Crippen molar-refractivity contribution < 1.29 is 17.9 Å². The summed E-state index contributed by atoms with van der Waals surface area (Å²) in [6.07, 6.45) is 0. The van der Waals surface area contributed by atoms with Gasteiger partial charge in [-0.3, -0.25) is 9.52 Å². The molecule has 0 radical (unpaired) electrons. The van der Waals surface area contributed by atoms with Gasteiger partial charge >= 0.3 is 0 Å². The van der Waals surface area contributed by atoms with Crippen molar-refractivity contribution in [3.05, 3.63) is 88.4 Å². The average Bonchev–Trinajstić information content (AvgIpc) is 2.76. The van der Waals surface area contributed by atoms with Gasteiger partial charge in [-0.05, 0) is 68.8 Å². The van der Waals surface area contributed by atoms with E-state index in [1.165, 1.54) is 30.3 Å². The molecule has 0 bridgehead atoms. The van der Waals surface area contributed by atoms with E-state index >= 15 is 0 Å². The Bertz CT molecular complexity index is 1190. The minimum absolute atomic E-state index is 0.127. The van der Waals surface area contributed by atoms with E-state index < -0.39 is 10.0 Å². The Kier molecular flexibility index (Phi) is 7.43. The fraction of sp³-hybridized carbons (Fsp3) is 0.208. The lowest BCUT2D eigenvalue weighted by Crippen LogP contribution is -2.26. The first kappa shape index (κ1) is 23.6. The van der Waals surface area contributed by atoms with Crippen LogP contribution in [0.2, 0.25) is 5.02 Å². The topological polar surface area (TPSA) is 84.5 Å². The molecule has 1 atom stereocenters. The minimum atomic E-state index is -3.79. The van der Waals surface area contributed by atoms with Crippen molar-refractivity contribution in [1.82, 2.24) is 5.32 Å². The number of aryl methyl sites for hydroxylation is 1. The highest BCUT2D eigenvalue weighted by molar-refractivity contribution is 7.92.